The van der Waals surface area contributed by atoms with Crippen molar-refractivity contribution in [2.24, 2.45) is 0 Å². The predicted octanol–water partition coefficient (Wildman–Crippen LogP) is 4.13. The molecule has 0 spiro atoms. The third-order valence-corrected chi connectivity index (χ3v) is 4.01. The number of anilines is 3. The van der Waals surface area contributed by atoms with E-state index in [-0.39, 0.29) is 11.4 Å². The van der Waals surface area contributed by atoms with Gasteiger partial charge in [-0.3, -0.25) is 4.79 Å². The molecule has 0 saturated heterocycles. The first-order valence-corrected chi connectivity index (χ1v) is 8.47. The summed E-state index contributed by atoms with van der Waals surface area (Å²) in [6.07, 6.45) is 1.48. The molecule has 1 aromatic heterocycles. The highest BCUT2D eigenvalue weighted by molar-refractivity contribution is 6.03. The standard InChI is InChI=1S/C20H15F2N3O3/c21-12-1-4-16(15(22)9-12)25-20(26)17-5-2-14(11-23-17)24-13-3-6-18-19(10-13)28-8-7-27-18/h1-6,9-11,24H,7-8H2,(H,25,26). The number of fused-ring (bicyclic) bond motifs is 1. The van der Waals surface area contributed by atoms with Crippen LogP contribution >= 0.6 is 0 Å². The van der Waals surface area contributed by atoms with Crippen LogP contribution in [-0.4, -0.2) is 24.1 Å². The van der Waals surface area contributed by atoms with Gasteiger partial charge in [0, 0.05) is 17.8 Å². The number of nitrogens with zero attached hydrogens (tertiary/aromatic N) is 1. The number of pyridine rings is 1. The van der Waals surface area contributed by atoms with E-state index in [1.165, 1.54) is 12.3 Å². The number of carbonyl (C=O) groups is 1. The molecule has 2 heterocycles. The van der Waals surface area contributed by atoms with Crippen LogP contribution in [0.5, 0.6) is 11.5 Å². The molecule has 2 N–H and O–H groups in total. The fraction of sp³-hybridized carbons (Fsp3) is 0.100. The van der Waals surface area contributed by atoms with Gasteiger partial charge < -0.3 is 20.1 Å². The van der Waals surface area contributed by atoms with Crippen molar-refractivity contribution < 1.29 is 23.0 Å². The van der Waals surface area contributed by atoms with Crippen molar-refractivity contribution in [2.75, 3.05) is 23.8 Å². The summed E-state index contributed by atoms with van der Waals surface area (Å²) in [7, 11) is 0. The molecule has 0 aliphatic carbocycles. The van der Waals surface area contributed by atoms with Gasteiger partial charge in [-0.25, -0.2) is 13.8 Å². The number of ether oxygens (including phenoxy) is 2. The Labute approximate surface area is 159 Å². The molecule has 0 unspecified atom stereocenters. The topological polar surface area (TPSA) is 72.5 Å². The van der Waals surface area contributed by atoms with Crippen LogP contribution in [0.3, 0.4) is 0 Å². The molecule has 1 amide bonds. The molecule has 0 fully saturated rings. The van der Waals surface area contributed by atoms with Crippen molar-refractivity contribution in [3.8, 4) is 11.5 Å². The zero-order chi connectivity index (χ0) is 19.5. The van der Waals surface area contributed by atoms with Gasteiger partial charge in [-0.1, -0.05) is 0 Å². The summed E-state index contributed by atoms with van der Waals surface area (Å²) in [6, 6.07) is 11.5. The molecular weight excluding hydrogens is 368 g/mol. The number of aromatic nitrogens is 1. The SMILES string of the molecule is O=C(Nc1ccc(F)cc1F)c1ccc(Nc2ccc3c(c2)OCCO3)cn1. The van der Waals surface area contributed by atoms with Crippen LogP contribution in [0.25, 0.3) is 0 Å². The smallest absolute Gasteiger partial charge is 0.274 e. The zero-order valence-corrected chi connectivity index (χ0v) is 14.5. The summed E-state index contributed by atoms with van der Waals surface area (Å²) in [5, 5.41) is 5.52. The Bertz CT molecular complexity index is 1030. The van der Waals surface area contributed by atoms with Crippen LogP contribution in [0.2, 0.25) is 0 Å². The van der Waals surface area contributed by atoms with Crippen LogP contribution in [0.4, 0.5) is 25.8 Å². The van der Waals surface area contributed by atoms with Gasteiger partial charge in [0.05, 0.1) is 17.6 Å². The van der Waals surface area contributed by atoms with Crippen molar-refractivity contribution in [1.82, 2.24) is 4.98 Å². The van der Waals surface area contributed by atoms with Gasteiger partial charge in [0.2, 0.25) is 0 Å². The summed E-state index contributed by atoms with van der Waals surface area (Å²) >= 11 is 0. The number of hydrogen-bond donors (Lipinski definition) is 2. The number of halogens is 2. The lowest BCUT2D eigenvalue weighted by Gasteiger charge is -2.19. The van der Waals surface area contributed by atoms with Crippen molar-refractivity contribution in [3.05, 3.63) is 72.1 Å². The van der Waals surface area contributed by atoms with E-state index in [1.807, 2.05) is 18.2 Å². The molecule has 4 rings (SSSR count). The van der Waals surface area contributed by atoms with E-state index >= 15 is 0 Å². The van der Waals surface area contributed by atoms with E-state index in [0.717, 1.165) is 17.8 Å². The molecule has 1 aliphatic rings. The Balaban J connectivity index is 1.44. The van der Waals surface area contributed by atoms with E-state index in [9.17, 15) is 13.6 Å². The first kappa shape index (κ1) is 17.7. The fourth-order valence-corrected chi connectivity index (χ4v) is 2.67. The monoisotopic (exact) mass is 383 g/mol. The number of carbonyl (C=O) groups excluding carboxylic acids is 1. The number of nitrogens with one attached hydrogen (secondary N) is 2. The van der Waals surface area contributed by atoms with E-state index in [0.29, 0.717) is 36.5 Å². The molecule has 2 aromatic carbocycles. The highest BCUT2D eigenvalue weighted by atomic mass is 19.1. The van der Waals surface area contributed by atoms with E-state index in [4.69, 9.17) is 9.47 Å². The second-order valence-corrected chi connectivity index (χ2v) is 5.99. The highest BCUT2D eigenvalue weighted by Crippen LogP contribution is 2.33. The normalized spacial score (nSPS) is 12.4. The molecule has 1 aliphatic heterocycles. The minimum atomic E-state index is -0.856. The Hall–Kier alpha value is -3.68. The first-order valence-electron chi connectivity index (χ1n) is 8.47. The van der Waals surface area contributed by atoms with Crippen LogP contribution in [0, 0.1) is 11.6 Å². The second-order valence-electron chi connectivity index (χ2n) is 5.99. The Morgan fingerprint density at radius 1 is 0.929 bits per heavy atom. The third-order valence-electron chi connectivity index (χ3n) is 4.01. The lowest BCUT2D eigenvalue weighted by molar-refractivity contribution is 0.102. The van der Waals surface area contributed by atoms with Gasteiger partial charge in [0.25, 0.3) is 5.91 Å². The quantitative estimate of drug-likeness (QED) is 0.709. The molecule has 0 saturated carbocycles. The number of hydrogen-bond acceptors (Lipinski definition) is 5. The summed E-state index contributed by atoms with van der Waals surface area (Å²) in [4.78, 5) is 16.3. The Morgan fingerprint density at radius 2 is 1.71 bits per heavy atom. The van der Waals surface area contributed by atoms with E-state index in [1.54, 1.807) is 6.07 Å². The Kier molecular flexibility index (Phi) is 4.76. The second kappa shape index (κ2) is 7.51. The maximum atomic E-state index is 13.6. The van der Waals surface area contributed by atoms with Crippen LogP contribution < -0.4 is 20.1 Å². The molecule has 0 atom stereocenters. The van der Waals surface area contributed by atoms with E-state index in [2.05, 4.69) is 15.6 Å². The summed E-state index contributed by atoms with van der Waals surface area (Å²) in [6.45, 7) is 1.02. The Morgan fingerprint density at radius 3 is 2.46 bits per heavy atom. The van der Waals surface area contributed by atoms with Crippen molar-refractivity contribution in [3.63, 3.8) is 0 Å². The van der Waals surface area contributed by atoms with Gasteiger partial charge in [-0.2, -0.15) is 0 Å². The maximum absolute atomic E-state index is 13.6. The van der Waals surface area contributed by atoms with Gasteiger partial charge in [0.15, 0.2) is 11.5 Å². The summed E-state index contributed by atoms with van der Waals surface area (Å²) in [5.74, 6) is -0.832. The largest absolute Gasteiger partial charge is 0.486 e. The average Bonchev–Trinajstić information content (AvgIpc) is 2.70. The predicted molar refractivity (Wildman–Crippen MR) is 99.3 cm³/mol. The minimum absolute atomic E-state index is 0.0939. The molecule has 3 aromatic rings. The molecule has 142 valence electrons. The van der Waals surface area contributed by atoms with Crippen LogP contribution in [0.15, 0.2) is 54.7 Å². The van der Waals surface area contributed by atoms with Gasteiger partial charge >= 0.3 is 0 Å². The van der Waals surface area contributed by atoms with Crippen molar-refractivity contribution >= 4 is 23.0 Å². The number of rotatable bonds is 4. The maximum Gasteiger partial charge on any atom is 0.274 e. The lowest BCUT2D eigenvalue weighted by Crippen LogP contribution is -2.15. The molecule has 28 heavy (non-hydrogen) atoms. The third kappa shape index (κ3) is 3.85. The molecule has 6 nitrogen and oxygen atoms in total. The molecule has 0 radical (unpaired) electrons. The van der Waals surface area contributed by atoms with Gasteiger partial charge in [-0.05, 0) is 36.4 Å². The first-order chi connectivity index (χ1) is 13.6. The van der Waals surface area contributed by atoms with Gasteiger partial charge in [-0.15, -0.1) is 0 Å². The highest BCUT2D eigenvalue weighted by Gasteiger charge is 2.13. The minimum Gasteiger partial charge on any atom is -0.486 e. The summed E-state index contributed by atoms with van der Waals surface area (Å²) in [5.41, 5.74) is 1.40. The van der Waals surface area contributed by atoms with Crippen molar-refractivity contribution in [1.29, 1.82) is 0 Å². The van der Waals surface area contributed by atoms with Crippen LogP contribution in [-0.2, 0) is 0 Å². The average molecular weight is 383 g/mol. The summed E-state index contributed by atoms with van der Waals surface area (Å²) < 4.78 is 37.6. The zero-order valence-electron chi connectivity index (χ0n) is 14.5. The van der Waals surface area contributed by atoms with Gasteiger partial charge in [0.1, 0.15) is 30.5 Å². The molecule has 8 heteroatoms. The fourth-order valence-electron chi connectivity index (χ4n) is 2.67. The van der Waals surface area contributed by atoms with Crippen LogP contribution in [0.1, 0.15) is 10.5 Å². The number of amides is 1. The number of benzene rings is 2. The van der Waals surface area contributed by atoms with Crippen molar-refractivity contribution in [2.45, 2.75) is 0 Å². The molecule has 0 bridgehead atoms. The lowest BCUT2D eigenvalue weighted by atomic mass is 10.2. The molecular formula is C20H15F2N3O3. The van der Waals surface area contributed by atoms with E-state index < -0.39 is 17.5 Å².